The van der Waals surface area contributed by atoms with Crippen molar-refractivity contribution in [2.24, 2.45) is 5.41 Å². The van der Waals surface area contributed by atoms with Crippen LogP contribution in [0.4, 0.5) is 4.39 Å². The van der Waals surface area contributed by atoms with Gasteiger partial charge in [-0.15, -0.1) is 0 Å². The minimum absolute atomic E-state index is 0.0470. The van der Waals surface area contributed by atoms with Gasteiger partial charge in [-0.3, -0.25) is 9.18 Å². The van der Waals surface area contributed by atoms with Crippen LogP contribution >= 0.6 is 11.6 Å². The standard InChI is InChI=1S/C13H16ClFO2/c1-13(2,7-8-15)12(16)9-17-11-5-3-10(14)4-6-11/h3-6H,7-9H2,1-2H3. The van der Waals surface area contributed by atoms with E-state index in [0.717, 1.165) is 0 Å². The molecule has 0 amide bonds. The Morgan fingerprint density at radius 1 is 1.35 bits per heavy atom. The number of hydrogen-bond acceptors (Lipinski definition) is 2. The molecule has 0 spiro atoms. The van der Waals surface area contributed by atoms with Crippen molar-refractivity contribution in [1.82, 2.24) is 0 Å². The van der Waals surface area contributed by atoms with Crippen LogP contribution < -0.4 is 4.74 Å². The van der Waals surface area contributed by atoms with E-state index in [1.165, 1.54) is 0 Å². The van der Waals surface area contributed by atoms with Crippen LogP contribution in [-0.2, 0) is 4.79 Å². The topological polar surface area (TPSA) is 26.3 Å². The SMILES string of the molecule is CC(C)(CCF)C(=O)COc1ccc(Cl)cc1. The van der Waals surface area contributed by atoms with Crippen molar-refractivity contribution in [2.75, 3.05) is 13.3 Å². The Bertz CT molecular complexity index is 374. The number of rotatable bonds is 6. The van der Waals surface area contributed by atoms with E-state index in [4.69, 9.17) is 16.3 Å². The van der Waals surface area contributed by atoms with Gasteiger partial charge in [-0.1, -0.05) is 25.4 Å². The van der Waals surface area contributed by atoms with E-state index in [1.54, 1.807) is 38.1 Å². The van der Waals surface area contributed by atoms with Crippen LogP contribution in [0.5, 0.6) is 5.75 Å². The van der Waals surface area contributed by atoms with E-state index < -0.39 is 12.1 Å². The van der Waals surface area contributed by atoms with E-state index in [1.807, 2.05) is 0 Å². The Hall–Kier alpha value is -1.09. The molecule has 0 unspecified atom stereocenters. The molecule has 0 bridgehead atoms. The monoisotopic (exact) mass is 258 g/mol. The normalized spacial score (nSPS) is 11.3. The van der Waals surface area contributed by atoms with Crippen LogP contribution in [0.15, 0.2) is 24.3 Å². The van der Waals surface area contributed by atoms with Crippen molar-refractivity contribution in [2.45, 2.75) is 20.3 Å². The summed E-state index contributed by atoms with van der Waals surface area (Å²) in [7, 11) is 0. The number of ether oxygens (including phenoxy) is 1. The average molecular weight is 259 g/mol. The van der Waals surface area contributed by atoms with Gasteiger partial charge in [0.15, 0.2) is 5.78 Å². The summed E-state index contributed by atoms with van der Waals surface area (Å²) in [5.41, 5.74) is -0.679. The van der Waals surface area contributed by atoms with Gasteiger partial charge in [0, 0.05) is 10.4 Å². The number of ketones is 1. The number of hydrogen-bond donors (Lipinski definition) is 0. The quantitative estimate of drug-likeness (QED) is 0.778. The summed E-state index contributed by atoms with van der Waals surface area (Å²) in [6.07, 6.45) is 0.218. The maximum absolute atomic E-state index is 12.2. The van der Waals surface area contributed by atoms with E-state index in [-0.39, 0.29) is 18.8 Å². The largest absolute Gasteiger partial charge is 0.486 e. The van der Waals surface area contributed by atoms with Crippen LogP contribution in [0.25, 0.3) is 0 Å². The van der Waals surface area contributed by atoms with Gasteiger partial charge >= 0.3 is 0 Å². The maximum atomic E-state index is 12.2. The average Bonchev–Trinajstić information content (AvgIpc) is 2.27. The highest BCUT2D eigenvalue weighted by Gasteiger charge is 2.27. The first-order valence-corrected chi connectivity index (χ1v) is 5.81. The predicted molar refractivity (Wildman–Crippen MR) is 66.3 cm³/mol. The van der Waals surface area contributed by atoms with Crippen molar-refractivity contribution in [3.05, 3.63) is 29.3 Å². The fourth-order valence-corrected chi connectivity index (χ4v) is 1.38. The first-order chi connectivity index (χ1) is 7.95. The molecule has 17 heavy (non-hydrogen) atoms. The molecule has 0 N–H and O–H groups in total. The van der Waals surface area contributed by atoms with Crippen LogP contribution in [-0.4, -0.2) is 19.1 Å². The third-order valence-corrected chi connectivity index (χ3v) is 2.91. The van der Waals surface area contributed by atoms with Crippen LogP contribution in [0, 0.1) is 5.41 Å². The Morgan fingerprint density at radius 3 is 2.47 bits per heavy atom. The molecule has 0 radical (unpaired) electrons. The zero-order chi connectivity index (χ0) is 12.9. The molecule has 0 saturated carbocycles. The van der Waals surface area contributed by atoms with E-state index in [9.17, 15) is 9.18 Å². The van der Waals surface area contributed by atoms with Crippen molar-refractivity contribution in [1.29, 1.82) is 0 Å². The molecule has 2 nitrogen and oxygen atoms in total. The smallest absolute Gasteiger partial charge is 0.175 e. The second-order valence-corrected chi connectivity index (χ2v) is 4.93. The molecule has 0 aliphatic carbocycles. The van der Waals surface area contributed by atoms with Gasteiger partial charge in [-0.25, -0.2) is 0 Å². The molecule has 0 fully saturated rings. The molecular weight excluding hydrogens is 243 g/mol. The fourth-order valence-electron chi connectivity index (χ4n) is 1.25. The summed E-state index contributed by atoms with van der Waals surface area (Å²) in [5, 5.41) is 0.612. The molecule has 1 rings (SSSR count). The lowest BCUT2D eigenvalue weighted by atomic mass is 9.85. The van der Waals surface area contributed by atoms with Gasteiger partial charge < -0.3 is 4.74 Å². The predicted octanol–water partition coefficient (Wildman–Crippen LogP) is 3.67. The zero-order valence-electron chi connectivity index (χ0n) is 10.0. The molecule has 0 heterocycles. The van der Waals surface area contributed by atoms with Gasteiger partial charge in [-0.05, 0) is 30.7 Å². The number of carbonyl (C=O) groups is 1. The molecule has 1 aromatic carbocycles. The molecule has 94 valence electrons. The molecule has 0 aromatic heterocycles. The van der Waals surface area contributed by atoms with Crippen molar-refractivity contribution >= 4 is 17.4 Å². The van der Waals surface area contributed by atoms with Crippen molar-refractivity contribution in [3.63, 3.8) is 0 Å². The molecule has 0 saturated heterocycles. The lowest BCUT2D eigenvalue weighted by molar-refractivity contribution is -0.129. The number of carbonyl (C=O) groups excluding carboxylic acids is 1. The van der Waals surface area contributed by atoms with Crippen LogP contribution in [0.2, 0.25) is 5.02 Å². The Balaban J connectivity index is 2.50. The second kappa shape index (κ2) is 6.01. The first-order valence-electron chi connectivity index (χ1n) is 5.43. The molecular formula is C13H16ClFO2. The number of halogens is 2. The van der Waals surface area contributed by atoms with Crippen molar-refractivity contribution in [3.8, 4) is 5.75 Å². The highest BCUT2D eigenvalue weighted by atomic mass is 35.5. The van der Waals surface area contributed by atoms with Gasteiger partial charge in [-0.2, -0.15) is 0 Å². The van der Waals surface area contributed by atoms with Crippen molar-refractivity contribution < 1.29 is 13.9 Å². The highest BCUT2D eigenvalue weighted by Crippen LogP contribution is 2.23. The zero-order valence-corrected chi connectivity index (χ0v) is 10.8. The maximum Gasteiger partial charge on any atom is 0.175 e. The molecule has 4 heteroatoms. The van der Waals surface area contributed by atoms with E-state index in [0.29, 0.717) is 10.8 Å². The van der Waals surface area contributed by atoms with Gasteiger partial charge in [0.25, 0.3) is 0 Å². The summed E-state index contributed by atoms with van der Waals surface area (Å²) < 4.78 is 17.6. The summed E-state index contributed by atoms with van der Waals surface area (Å²) >= 11 is 5.72. The van der Waals surface area contributed by atoms with Crippen LogP contribution in [0.3, 0.4) is 0 Å². The Morgan fingerprint density at radius 2 is 1.94 bits per heavy atom. The lowest BCUT2D eigenvalue weighted by Gasteiger charge is -2.21. The molecule has 0 atom stereocenters. The third-order valence-electron chi connectivity index (χ3n) is 2.66. The molecule has 1 aromatic rings. The number of benzene rings is 1. The summed E-state index contributed by atoms with van der Waals surface area (Å²) in [4.78, 5) is 11.8. The first kappa shape index (κ1) is 14.0. The third kappa shape index (κ3) is 4.35. The fraction of sp³-hybridized carbons (Fsp3) is 0.462. The van der Waals surface area contributed by atoms with Gasteiger partial charge in [0.2, 0.25) is 0 Å². The van der Waals surface area contributed by atoms with E-state index in [2.05, 4.69) is 0 Å². The van der Waals surface area contributed by atoms with Crippen LogP contribution in [0.1, 0.15) is 20.3 Å². The second-order valence-electron chi connectivity index (χ2n) is 4.49. The minimum atomic E-state index is -0.679. The Labute approximate surface area is 106 Å². The summed E-state index contributed by atoms with van der Waals surface area (Å²) in [6.45, 7) is 2.90. The van der Waals surface area contributed by atoms with Gasteiger partial charge in [0.1, 0.15) is 12.4 Å². The summed E-state index contributed by atoms with van der Waals surface area (Å²) in [6, 6.07) is 6.76. The number of Topliss-reactive ketones (excluding diaryl/α,β-unsaturated/α-hetero) is 1. The number of alkyl halides is 1. The highest BCUT2D eigenvalue weighted by molar-refractivity contribution is 6.30. The molecule has 0 aliphatic rings. The molecule has 0 aliphatic heterocycles. The lowest BCUT2D eigenvalue weighted by Crippen LogP contribution is -2.29. The summed E-state index contributed by atoms with van der Waals surface area (Å²) in [5.74, 6) is 0.476. The van der Waals surface area contributed by atoms with E-state index >= 15 is 0 Å². The Kier molecular flexibility index (Phi) is 4.94. The minimum Gasteiger partial charge on any atom is -0.486 e. The van der Waals surface area contributed by atoms with Gasteiger partial charge in [0.05, 0.1) is 6.67 Å².